The van der Waals surface area contributed by atoms with Crippen LogP contribution in [0, 0.1) is 13.8 Å². The molecule has 2 aromatic rings. The number of piperazine rings is 1. The Morgan fingerprint density at radius 1 is 1.00 bits per heavy atom. The summed E-state index contributed by atoms with van der Waals surface area (Å²) in [6.45, 7) is 8.04. The van der Waals surface area contributed by atoms with Gasteiger partial charge in [-0.05, 0) is 31.5 Å². The van der Waals surface area contributed by atoms with Gasteiger partial charge >= 0.3 is 0 Å². The molecule has 4 nitrogen and oxygen atoms in total. The average molecular weight is 324 g/mol. The topological polar surface area (TPSA) is 43.8 Å². The Kier molecular flexibility index (Phi) is 4.86. The van der Waals surface area contributed by atoms with E-state index in [-0.39, 0.29) is 11.7 Å². The van der Waals surface area contributed by atoms with Crippen LogP contribution in [0.2, 0.25) is 0 Å². The maximum Gasteiger partial charge on any atom is 0.257 e. The maximum absolute atomic E-state index is 12.6. The Bertz CT molecular complexity index is 734. The maximum atomic E-state index is 12.6. The molecule has 0 spiro atoms. The highest BCUT2D eigenvalue weighted by molar-refractivity contribution is 5.97. The fraction of sp³-hybridized carbons (Fsp3) is 0.350. The summed E-state index contributed by atoms with van der Waals surface area (Å²) < 4.78 is 0. The van der Waals surface area contributed by atoms with Crippen molar-refractivity contribution in [2.75, 3.05) is 26.2 Å². The molecule has 0 saturated carbocycles. The second kappa shape index (κ2) is 7.05. The van der Waals surface area contributed by atoms with Gasteiger partial charge in [-0.25, -0.2) is 0 Å². The van der Waals surface area contributed by atoms with E-state index in [0.717, 1.165) is 25.2 Å². The minimum atomic E-state index is -0.0774. The van der Waals surface area contributed by atoms with Gasteiger partial charge in [-0.3, -0.25) is 9.69 Å². The van der Waals surface area contributed by atoms with E-state index in [1.54, 1.807) is 12.1 Å². The lowest BCUT2D eigenvalue weighted by Crippen LogP contribution is -2.48. The zero-order valence-corrected chi connectivity index (χ0v) is 14.3. The normalized spacial score (nSPS) is 15.5. The number of hydrogen-bond donors (Lipinski definition) is 1. The molecule has 1 fully saturated rings. The average Bonchev–Trinajstić information content (AvgIpc) is 2.57. The molecule has 0 aromatic heterocycles. The highest BCUT2D eigenvalue weighted by Gasteiger charge is 2.24. The van der Waals surface area contributed by atoms with Crippen LogP contribution in [-0.2, 0) is 6.54 Å². The number of aryl methyl sites for hydroxylation is 2. The zero-order valence-electron chi connectivity index (χ0n) is 14.3. The van der Waals surface area contributed by atoms with Crippen LogP contribution < -0.4 is 0 Å². The monoisotopic (exact) mass is 324 g/mol. The predicted octanol–water partition coefficient (Wildman–Crippen LogP) is 2.97. The van der Waals surface area contributed by atoms with E-state index >= 15 is 0 Å². The summed E-state index contributed by atoms with van der Waals surface area (Å²) in [5, 5.41) is 9.95. The van der Waals surface area contributed by atoms with Crippen molar-refractivity contribution in [3.8, 4) is 5.75 Å². The molecule has 4 heteroatoms. The number of nitrogens with zero attached hydrogens (tertiary/aromatic N) is 2. The number of aromatic hydroxyl groups is 1. The molecule has 1 aliphatic heterocycles. The van der Waals surface area contributed by atoms with E-state index in [1.807, 2.05) is 17.9 Å². The predicted molar refractivity (Wildman–Crippen MR) is 95.2 cm³/mol. The third kappa shape index (κ3) is 3.77. The van der Waals surface area contributed by atoms with E-state index < -0.39 is 0 Å². The van der Waals surface area contributed by atoms with Crippen molar-refractivity contribution in [3.05, 3.63) is 64.7 Å². The van der Waals surface area contributed by atoms with Gasteiger partial charge in [0, 0.05) is 32.7 Å². The molecule has 1 saturated heterocycles. The minimum Gasteiger partial charge on any atom is -0.507 e. The lowest BCUT2D eigenvalue weighted by molar-refractivity contribution is 0.0625. The first kappa shape index (κ1) is 16.5. The molecule has 0 atom stereocenters. The van der Waals surface area contributed by atoms with Gasteiger partial charge in [-0.15, -0.1) is 0 Å². The number of rotatable bonds is 3. The van der Waals surface area contributed by atoms with Crippen LogP contribution in [-0.4, -0.2) is 47.0 Å². The van der Waals surface area contributed by atoms with Crippen molar-refractivity contribution >= 4 is 5.91 Å². The van der Waals surface area contributed by atoms with Crippen LogP contribution >= 0.6 is 0 Å². The highest BCUT2D eigenvalue weighted by atomic mass is 16.3. The van der Waals surface area contributed by atoms with Gasteiger partial charge in [0.1, 0.15) is 5.75 Å². The van der Waals surface area contributed by atoms with E-state index in [0.29, 0.717) is 18.7 Å². The molecule has 24 heavy (non-hydrogen) atoms. The van der Waals surface area contributed by atoms with Crippen molar-refractivity contribution in [1.82, 2.24) is 9.80 Å². The van der Waals surface area contributed by atoms with Crippen LogP contribution in [0.4, 0.5) is 0 Å². The molecule has 0 bridgehead atoms. The Hall–Kier alpha value is -2.33. The van der Waals surface area contributed by atoms with Crippen molar-refractivity contribution < 1.29 is 9.90 Å². The van der Waals surface area contributed by atoms with Gasteiger partial charge in [0.15, 0.2) is 0 Å². The molecule has 1 N–H and O–H groups in total. The molecule has 2 aromatic carbocycles. The van der Waals surface area contributed by atoms with Crippen LogP contribution in [0.1, 0.15) is 27.0 Å². The first-order valence-corrected chi connectivity index (χ1v) is 8.40. The van der Waals surface area contributed by atoms with Crippen molar-refractivity contribution in [2.24, 2.45) is 0 Å². The smallest absolute Gasteiger partial charge is 0.257 e. The number of hydrogen-bond acceptors (Lipinski definition) is 3. The molecule has 126 valence electrons. The minimum absolute atomic E-state index is 0.0628. The quantitative estimate of drug-likeness (QED) is 0.944. The van der Waals surface area contributed by atoms with Crippen LogP contribution in [0.3, 0.4) is 0 Å². The summed E-state index contributed by atoms with van der Waals surface area (Å²) in [6, 6.07) is 13.7. The highest BCUT2D eigenvalue weighted by Crippen LogP contribution is 2.21. The second-order valence-electron chi connectivity index (χ2n) is 6.58. The Morgan fingerprint density at radius 3 is 2.42 bits per heavy atom. The van der Waals surface area contributed by atoms with Gasteiger partial charge in [0.2, 0.25) is 0 Å². The fourth-order valence-electron chi connectivity index (χ4n) is 3.17. The van der Waals surface area contributed by atoms with E-state index in [2.05, 4.69) is 36.1 Å². The number of carbonyl (C=O) groups is 1. The molecule has 1 amide bonds. The van der Waals surface area contributed by atoms with Gasteiger partial charge < -0.3 is 10.0 Å². The van der Waals surface area contributed by atoms with Crippen molar-refractivity contribution in [1.29, 1.82) is 0 Å². The molecule has 1 heterocycles. The van der Waals surface area contributed by atoms with Gasteiger partial charge in [0.05, 0.1) is 5.56 Å². The van der Waals surface area contributed by atoms with Crippen LogP contribution in [0.5, 0.6) is 5.75 Å². The second-order valence-corrected chi connectivity index (χ2v) is 6.58. The van der Waals surface area contributed by atoms with Gasteiger partial charge in [-0.2, -0.15) is 0 Å². The molecule has 0 aliphatic carbocycles. The summed E-state index contributed by atoms with van der Waals surface area (Å²) in [5.41, 5.74) is 3.97. The molecule has 0 unspecified atom stereocenters. The number of amides is 1. The summed E-state index contributed by atoms with van der Waals surface area (Å²) in [4.78, 5) is 16.8. The summed E-state index contributed by atoms with van der Waals surface area (Å²) >= 11 is 0. The van der Waals surface area contributed by atoms with Gasteiger partial charge in [-0.1, -0.05) is 41.5 Å². The Labute approximate surface area is 143 Å². The largest absolute Gasteiger partial charge is 0.507 e. The lowest BCUT2D eigenvalue weighted by atomic mass is 10.1. The molecular formula is C20H24N2O2. The number of phenols is 1. The third-order valence-corrected chi connectivity index (χ3v) is 4.53. The van der Waals surface area contributed by atoms with Crippen LogP contribution in [0.15, 0.2) is 42.5 Å². The van der Waals surface area contributed by atoms with Gasteiger partial charge in [0.25, 0.3) is 5.91 Å². The first-order chi connectivity index (χ1) is 11.5. The SMILES string of the molecule is Cc1cccc(CN2CCN(C(=O)c3cc(C)ccc3O)CC2)c1. The fourth-order valence-corrected chi connectivity index (χ4v) is 3.17. The van der Waals surface area contributed by atoms with Crippen LogP contribution in [0.25, 0.3) is 0 Å². The lowest BCUT2D eigenvalue weighted by Gasteiger charge is -2.35. The Morgan fingerprint density at radius 2 is 1.71 bits per heavy atom. The zero-order chi connectivity index (χ0) is 17.1. The number of benzene rings is 2. The van der Waals surface area contributed by atoms with E-state index in [4.69, 9.17) is 0 Å². The standard InChI is InChI=1S/C20H24N2O2/c1-15-4-3-5-17(12-15)14-21-8-10-22(11-9-21)20(24)18-13-16(2)6-7-19(18)23/h3-7,12-13,23H,8-11,14H2,1-2H3. The summed E-state index contributed by atoms with van der Waals surface area (Å²) in [7, 11) is 0. The number of phenolic OH excluding ortho intramolecular Hbond substituents is 1. The van der Waals surface area contributed by atoms with E-state index in [1.165, 1.54) is 11.1 Å². The first-order valence-electron chi connectivity index (χ1n) is 8.40. The Balaban J connectivity index is 1.60. The molecule has 3 rings (SSSR count). The van der Waals surface area contributed by atoms with E-state index in [9.17, 15) is 9.90 Å². The summed E-state index contributed by atoms with van der Waals surface area (Å²) in [5.74, 6) is -0.0146. The molecule has 1 aliphatic rings. The van der Waals surface area contributed by atoms with Crippen molar-refractivity contribution in [3.63, 3.8) is 0 Å². The third-order valence-electron chi connectivity index (χ3n) is 4.53. The van der Waals surface area contributed by atoms with Crippen molar-refractivity contribution in [2.45, 2.75) is 20.4 Å². The summed E-state index contributed by atoms with van der Waals surface area (Å²) in [6.07, 6.45) is 0. The molecular weight excluding hydrogens is 300 g/mol. The molecule has 0 radical (unpaired) electrons. The number of carbonyl (C=O) groups excluding carboxylic acids is 1.